The molecule has 2 rings (SSSR count). The van der Waals surface area contributed by atoms with Gasteiger partial charge in [0.15, 0.2) is 0 Å². The van der Waals surface area contributed by atoms with Crippen LogP contribution in [-0.2, 0) is 16.2 Å². The van der Waals surface area contributed by atoms with E-state index in [0.29, 0.717) is 23.8 Å². The van der Waals surface area contributed by atoms with Crippen LogP contribution in [0.5, 0.6) is 0 Å². The van der Waals surface area contributed by atoms with Crippen LogP contribution in [0.15, 0.2) is 52.9 Å². The third-order valence-electron chi connectivity index (χ3n) is 2.65. The topological polar surface area (TPSA) is 68.8 Å². The molecule has 0 spiro atoms. The Kier molecular flexibility index (Phi) is 5.85. The SMILES string of the molecule is CCON=CC(=O)N=c1ccccn1Cc1ccc(Cl)nc1. The molecule has 7 heteroatoms. The lowest BCUT2D eigenvalue weighted by Crippen LogP contribution is -2.22. The minimum atomic E-state index is -0.484. The van der Waals surface area contributed by atoms with Gasteiger partial charge >= 0.3 is 0 Å². The van der Waals surface area contributed by atoms with E-state index in [0.717, 1.165) is 11.8 Å². The summed E-state index contributed by atoms with van der Waals surface area (Å²) in [7, 11) is 0. The quantitative estimate of drug-likeness (QED) is 0.481. The van der Waals surface area contributed by atoms with Crippen molar-refractivity contribution in [1.29, 1.82) is 0 Å². The zero-order valence-corrected chi connectivity index (χ0v) is 12.8. The number of hydrogen-bond acceptors (Lipinski definition) is 4. The molecule has 0 aliphatic rings. The van der Waals surface area contributed by atoms with Crippen molar-refractivity contribution >= 4 is 23.7 Å². The van der Waals surface area contributed by atoms with Crippen LogP contribution in [0.4, 0.5) is 0 Å². The molecular weight excluding hydrogens is 304 g/mol. The second kappa shape index (κ2) is 8.09. The number of amides is 1. The molecule has 0 bridgehead atoms. The molecule has 0 atom stereocenters. The standard InChI is InChI=1S/C15H15ClN4O2/c1-2-22-18-10-15(21)19-14-5-3-4-8-20(14)11-12-6-7-13(16)17-9-12/h3-10H,2,11H2,1H3. The molecule has 0 radical (unpaired) electrons. The van der Waals surface area contributed by atoms with Gasteiger partial charge in [0, 0.05) is 12.4 Å². The average Bonchev–Trinajstić information content (AvgIpc) is 2.52. The average molecular weight is 319 g/mol. The Morgan fingerprint density at radius 1 is 1.41 bits per heavy atom. The summed E-state index contributed by atoms with van der Waals surface area (Å²) in [5.41, 5.74) is 1.47. The monoisotopic (exact) mass is 318 g/mol. The van der Waals surface area contributed by atoms with Gasteiger partial charge in [-0.05, 0) is 30.7 Å². The van der Waals surface area contributed by atoms with Crippen molar-refractivity contribution in [1.82, 2.24) is 9.55 Å². The fraction of sp³-hybridized carbons (Fsp3) is 0.200. The Labute approximate surface area is 132 Å². The van der Waals surface area contributed by atoms with Crippen LogP contribution in [0.25, 0.3) is 0 Å². The van der Waals surface area contributed by atoms with Crippen LogP contribution in [-0.4, -0.2) is 28.3 Å². The van der Waals surface area contributed by atoms with E-state index in [4.69, 9.17) is 16.4 Å². The Hall–Kier alpha value is -2.47. The van der Waals surface area contributed by atoms with Gasteiger partial charge < -0.3 is 9.40 Å². The highest BCUT2D eigenvalue weighted by atomic mass is 35.5. The minimum absolute atomic E-state index is 0.401. The molecule has 0 saturated heterocycles. The van der Waals surface area contributed by atoms with Crippen molar-refractivity contribution in [3.63, 3.8) is 0 Å². The molecule has 2 heterocycles. The van der Waals surface area contributed by atoms with Crippen molar-refractivity contribution < 1.29 is 9.63 Å². The molecule has 114 valence electrons. The van der Waals surface area contributed by atoms with Crippen LogP contribution in [0, 0.1) is 0 Å². The summed E-state index contributed by atoms with van der Waals surface area (Å²) >= 11 is 5.77. The normalized spacial score (nSPS) is 11.8. The molecule has 6 nitrogen and oxygen atoms in total. The number of oxime groups is 1. The molecule has 0 unspecified atom stereocenters. The highest BCUT2D eigenvalue weighted by Gasteiger charge is 1.99. The first-order valence-corrected chi connectivity index (χ1v) is 7.06. The van der Waals surface area contributed by atoms with Gasteiger partial charge in [-0.15, -0.1) is 0 Å². The molecule has 1 amide bonds. The van der Waals surface area contributed by atoms with Crippen LogP contribution in [0.1, 0.15) is 12.5 Å². The van der Waals surface area contributed by atoms with E-state index >= 15 is 0 Å². The highest BCUT2D eigenvalue weighted by Crippen LogP contribution is 2.05. The van der Waals surface area contributed by atoms with Gasteiger partial charge in [0.1, 0.15) is 23.5 Å². The van der Waals surface area contributed by atoms with Crippen LogP contribution in [0.2, 0.25) is 5.15 Å². The third-order valence-corrected chi connectivity index (χ3v) is 2.87. The maximum Gasteiger partial charge on any atom is 0.293 e. The summed E-state index contributed by atoms with van der Waals surface area (Å²) in [4.78, 5) is 24.5. The summed E-state index contributed by atoms with van der Waals surface area (Å²) in [6, 6.07) is 9.01. The van der Waals surface area contributed by atoms with Gasteiger partial charge in [0.25, 0.3) is 5.91 Å². The van der Waals surface area contributed by atoms with Gasteiger partial charge in [-0.3, -0.25) is 4.79 Å². The van der Waals surface area contributed by atoms with Crippen molar-refractivity contribution in [3.05, 3.63) is 58.9 Å². The number of carbonyl (C=O) groups excluding carboxylic acids is 1. The molecule has 0 fully saturated rings. The predicted octanol–water partition coefficient (Wildman–Crippen LogP) is 2.03. The Morgan fingerprint density at radius 3 is 3.00 bits per heavy atom. The highest BCUT2D eigenvalue weighted by molar-refractivity contribution is 6.29. The van der Waals surface area contributed by atoms with E-state index in [2.05, 4.69) is 15.1 Å². The van der Waals surface area contributed by atoms with Crippen molar-refractivity contribution in [3.8, 4) is 0 Å². The molecule has 22 heavy (non-hydrogen) atoms. The lowest BCUT2D eigenvalue weighted by molar-refractivity contribution is -0.111. The first-order chi connectivity index (χ1) is 10.7. The van der Waals surface area contributed by atoms with Crippen molar-refractivity contribution in [2.75, 3.05) is 6.61 Å². The van der Waals surface area contributed by atoms with E-state index in [9.17, 15) is 4.79 Å². The third kappa shape index (κ3) is 4.82. The number of aromatic nitrogens is 2. The lowest BCUT2D eigenvalue weighted by Gasteiger charge is -2.06. The van der Waals surface area contributed by atoms with Crippen LogP contribution >= 0.6 is 11.6 Å². The fourth-order valence-electron chi connectivity index (χ4n) is 1.70. The van der Waals surface area contributed by atoms with Gasteiger partial charge in [0.2, 0.25) is 0 Å². The minimum Gasteiger partial charge on any atom is -0.396 e. The Balaban J connectivity index is 2.22. The summed E-state index contributed by atoms with van der Waals surface area (Å²) in [6.07, 6.45) is 4.57. The number of carbonyl (C=O) groups is 1. The summed E-state index contributed by atoms with van der Waals surface area (Å²) < 4.78 is 1.83. The Morgan fingerprint density at radius 2 is 2.27 bits per heavy atom. The number of halogens is 1. The molecule has 0 saturated carbocycles. The molecule has 0 aliphatic heterocycles. The largest absolute Gasteiger partial charge is 0.396 e. The summed E-state index contributed by atoms with van der Waals surface area (Å²) in [5.74, 6) is -0.484. The zero-order chi connectivity index (χ0) is 15.8. The van der Waals surface area contributed by atoms with Crippen molar-refractivity contribution in [2.45, 2.75) is 13.5 Å². The lowest BCUT2D eigenvalue weighted by atomic mass is 10.3. The molecule has 0 aliphatic carbocycles. The van der Waals surface area contributed by atoms with Gasteiger partial charge in [-0.25, -0.2) is 4.98 Å². The first-order valence-electron chi connectivity index (χ1n) is 6.69. The van der Waals surface area contributed by atoms with Crippen LogP contribution in [0.3, 0.4) is 0 Å². The number of hydrogen-bond donors (Lipinski definition) is 0. The maximum absolute atomic E-state index is 11.7. The van der Waals surface area contributed by atoms with Crippen molar-refractivity contribution in [2.24, 2.45) is 10.1 Å². The molecule has 2 aromatic rings. The molecular formula is C15H15ClN4O2. The Bertz CT molecular complexity index is 723. The van der Waals surface area contributed by atoms with E-state index < -0.39 is 5.91 Å². The summed E-state index contributed by atoms with van der Waals surface area (Å²) in [5, 5.41) is 3.95. The maximum atomic E-state index is 11.7. The molecule has 0 N–H and O–H groups in total. The number of nitrogens with zero attached hydrogens (tertiary/aromatic N) is 4. The number of rotatable bonds is 5. The van der Waals surface area contributed by atoms with Gasteiger partial charge in [-0.2, -0.15) is 4.99 Å². The first kappa shape index (κ1) is 15.9. The van der Waals surface area contributed by atoms with Gasteiger partial charge in [-0.1, -0.05) is 28.9 Å². The molecule has 2 aromatic heterocycles. The van der Waals surface area contributed by atoms with E-state index in [1.807, 2.05) is 29.0 Å². The second-order valence-corrected chi connectivity index (χ2v) is 4.67. The predicted molar refractivity (Wildman–Crippen MR) is 83.5 cm³/mol. The van der Waals surface area contributed by atoms with Crippen LogP contribution < -0.4 is 5.49 Å². The van der Waals surface area contributed by atoms with E-state index in [1.54, 1.807) is 25.3 Å². The van der Waals surface area contributed by atoms with Gasteiger partial charge in [0.05, 0.1) is 6.54 Å². The summed E-state index contributed by atoms with van der Waals surface area (Å²) in [6.45, 7) is 2.71. The zero-order valence-electron chi connectivity index (χ0n) is 12.0. The number of pyridine rings is 2. The fourth-order valence-corrected chi connectivity index (χ4v) is 1.81. The second-order valence-electron chi connectivity index (χ2n) is 4.28. The molecule has 0 aromatic carbocycles. The smallest absolute Gasteiger partial charge is 0.293 e. The van der Waals surface area contributed by atoms with E-state index in [1.165, 1.54) is 0 Å². The van der Waals surface area contributed by atoms with E-state index in [-0.39, 0.29) is 0 Å².